The van der Waals surface area contributed by atoms with Gasteiger partial charge in [-0.3, -0.25) is 33.8 Å². The van der Waals surface area contributed by atoms with E-state index in [1.807, 2.05) is 0 Å². The summed E-state index contributed by atoms with van der Waals surface area (Å²) in [5, 5.41) is 9.13. The zero-order valence-corrected chi connectivity index (χ0v) is 19.9. The van der Waals surface area contributed by atoms with Gasteiger partial charge in [0.2, 0.25) is 11.8 Å². The van der Waals surface area contributed by atoms with Gasteiger partial charge < -0.3 is 14.6 Å². The molecule has 0 radical (unpaired) electrons. The van der Waals surface area contributed by atoms with Crippen LogP contribution in [0.5, 0.6) is 11.5 Å². The first-order valence-electron chi connectivity index (χ1n) is 10.9. The number of hydrogen-bond donors (Lipinski definition) is 1. The van der Waals surface area contributed by atoms with Crippen LogP contribution in [-0.4, -0.2) is 64.8 Å². The van der Waals surface area contributed by atoms with Gasteiger partial charge >= 0.3 is 5.97 Å². The summed E-state index contributed by atoms with van der Waals surface area (Å²) in [6.07, 6.45) is -0.505. The molecule has 2 aromatic rings. The van der Waals surface area contributed by atoms with Crippen molar-refractivity contribution in [2.24, 2.45) is 0 Å². The van der Waals surface area contributed by atoms with E-state index in [4.69, 9.17) is 14.6 Å². The Morgan fingerprint density at radius 3 is 2.31 bits per heavy atom. The number of carboxylic acid groups (broad SMARTS) is 1. The molecule has 1 heterocycles. The van der Waals surface area contributed by atoms with Crippen LogP contribution in [0.1, 0.15) is 58.2 Å². The predicted molar refractivity (Wildman–Crippen MR) is 123 cm³/mol. The summed E-state index contributed by atoms with van der Waals surface area (Å²) >= 11 is 0. The number of hydrogen-bond acceptors (Lipinski definition) is 7. The van der Waals surface area contributed by atoms with Crippen molar-refractivity contribution in [3.05, 3.63) is 58.7 Å². The monoisotopic (exact) mass is 482 g/mol. The lowest BCUT2D eigenvalue weighted by molar-refractivity contribution is -0.152. The largest absolute Gasteiger partial charge is 0.493 e. The van der Waals surface area contributed by atoms with Crippen molar-refractivity contribution in [2.75, 3.05) is 20.3 Å². The summed E-state index contributed by atoms with van der Waals surface area (Å²) in [4.78, 5) is 64.4. The highest BCUT2D eigenvalue weighted by Crippen LogP contribution is 2.38. The molecule has 35 heavy (non-hydrogen) atoms. The molecule has 1 aliphatic heterocycles. The quantitative estimate of drug-likeness (QED) is 0.540. The van der Waals surface area contributed by atoms with E-state index < -0.39 is 48.6 Å². The Bertz CT molecular complexity index is 1210. The summed E-state index contributed by atoms with van der Waals surface area (Å²) in [5.74, 6) is -3.41. The van der Waals surface area contributed by atoms with Gasteiger partial charge in [-0.25, -0.2) is 0 Å². The number of carboxylic acids is 1. The lowest BCUT2D eigenvalue weighted by Gasteiger charge is -2.28. The SMILES string of the molecule is CCOc1cc(C(CC(=O)N(CC(=O)O)C(C)=O)N2C(=O)c3ccc(C)cc3C2=O)ccc1OC. The third-order valence-corrected chi connectivity index (χ3v) is 5.60. The molecule has 4 amide bonds. The Kier molecular flexibility index (Phi) is 7.53. The Morgan fingerprint density at radius 1 is 1.03 bits per heavy atom. The van der Waals surface area contributed by atoms with Crippen molar-refractivity contribution >= 4 is 29.6 Å². The Hall–Kier alpha value is -4.21. The van der Waals surface area contributed by atoms with Gasteiger partial charge in [0.15, 0.2) is 11.5 Å². The molecule has 0 spiro atoms. The minimum Gasteiger partial charge on any atom is -0.493 e. The van der Waals surface area contributed by atoms with Gasteiger partial charge in [-0.2, -0.15) is 0 Å². The number of ether oxygens (including phenoxy) is 2. The molecule has 0 saturated heterocycles. The van der Waals surface area contributed by atoms with Crippen LogP contribution in [0, 0.1) is 6.92 Å². The standard InChI is InChI=1S/C25H26N2O8/c1-5-35-21-11-16(7-9-20(21)34-4)19(12-22(29)26(15(3)28)13-23(30)31)27-24(32)17-8-6-14(2)10-18(17)25(27)33/h6-11,19H,5,12-13H2,1-4H3,(H,30,31). The van der Waals surface area contributed by atoms with Crippen molar-refractivity contribution in [1.82, 2.24) is 9.80 Å². The van der Waals surface area contributed by atoms with E-state index in [1.165, 1.54) is 7.11 Å². The normalized spacial score (nSPS) is 13.3. The van der Waals surface area contributed by atoms with Crippen LogP contribution in [0.3, 0.4) is 0 Å². The fourth-order valence-electron chi connectivity index (χ4n) is 3.97. The smallest absolute Gasteiger partial charge is 0.323 e. The van der Waals surface area contributed by atoms with Gasteiger partial charge in [0.25, 0.3) is 11.8 Å². The maximum absolute atomic E-state index is 13.3. The van der Waals surface area contributed by atoms with E-state index in [0.717, 1.165) is 17.4 Å². The summed E-state index contributed by atoms with van der Waals surface area (Å²) < 4.78 is 10.9. The predicted octanol–water partition coefficient (Wildman–Crippen LogP) is 2.59. The van der Waals surface area contributed by atoms with Crippen LogP contribution in [-0.2, 0) is 14.4 Å². The summed E-state index contributed by atoms with van der Waals surface area (Å²) in [6.45, 7) is 4.11. The molecule has 1 aliphatic rings. The van der Waals surface area contributed by atoms with E-state index in [9.17, 15) is 24.0 Å². The van der Waals surface area contributed by atoms with Crippen LogP contribution in [0.15, 0.2) is 36.4 Å². The molecular weight excluding hydrogens is 456 g/mol. The number of carbonyl (C=O) groups excluding carboxylic acids is 4. The maximum atomic E-state index is 13.3. The van der Waals surface area contributed by atoms with Gasteiger partial charge in [0.05, 0.1) is 37.3 Å². The minimum atomic E-state index is -1.37. The van der Waals surface area contributed by atoms with Crippen molar-refractivity contribution in [1.29, 1.82) is 0 Å². The second-order valence-electron chi connectivity index (χ2n) is 7.99. The van der Waals surface area contributed by atoms with Crippen LogP contribution in [0.2, 0.25) is 0 Å². The molecule has 10 heteroatoms. The van der Waals surface area contributed by atoms with Crippen LogP contribution in [0.4, 0.5) is 0 Å². The number of nitrogens with zero attached hydrogens (tertiary/aromatic N) is 2. The number of carbonyl (C=O) groups is 5. The zero-order valence-electron chi connectivity index (χ0n) is 19.9. The first kappa shape index (κ1) is 25.4. The van der Waals surface area contributed by atoms with Gasteiger partial charge in [0.1, 0.15) is 6.54 Å². The molecule has 1 atom stereocenters. The van der Waals surface area contributed by atoms with Crippen molar-refractivity contribution in [3.63, 3.8) is 0 Å². The van der Waals surface area contributed by atoms with E-state index >= 15 is 0 Å². The highest BCUT2D eigenvalue weighted by molar-refractivity contribution is 6.21. The van der Waals surface area contributed by atoms with Crippen LogP contribution < -0.4 is 9.47 Å². The molecule has 0 aliphatic carbocycles. The van der Waals surface area contributed by atoms with Crippen molar-refractivity contribution < 1.29 is 38.6 Å². The third-order valence-electron chi connectivity index (χ3n) is 5.60. The zero-order chi connectivity index (χ0) is 25.9. The maximum Gasteiger partial charge on any atom is 0.323 e. The minimum absolute atomic E-state index is 0.200. The molecule has 0 saturated carbocycles. The summed E-state index contributed by atoms with van der Waals surface area (Å²) in [6, 6.07) is 8.46. The first-order valence-corrected chi connectivity index (χ1v) is 10.9. The number of aryl methyl sites for hydroxylation is 1. The molecule has 0 bridgehead atoms. The number of methoxy groups -OCH3 is 1. The Balaban J connectivity index is 2.10. The third kappa shape index (κ3) is 5.16. The number of benzene rings is 2. The molecule has 1 unspecified atom stereocenters. The fraction of sp³-hybridized carbons (Fsp3) is 0.320. The molecule has 184 valence electrons. The molecule has 1 N–H and O–H groups in total. The van der Waals surface area contributed by atoms with E-state index in [0.29, 0.717) is 28.6 Å². The molecule has 3 rings (SSSR count). The molecule has 2 aromatic carbocycles. The number of imide groups is 2. The summed E-state index contributed by atoms with van der Waals surface area (Å²) in [5.41, 5.74) is 1.57. The second-order valence-corrected chi connectivity index (χ2v) is 7.99. The van der Waals surface area contributed by atoms with Gasteiger partial charge in [-0.15, -0.1) is 0 Å². The van der Waals surface area contributed by atoms with E-state index in [1.54, 1.807) is 50.2 Å². The van der Waals surface area contributed by atoms with Crippen molar-refractivity contribution in [2.45, 2.75) is 33.2 Å². The number of amides is 4. The second kappa shape index (κ2) is 10.4. The van der Waals surface area contributed by atoms with Gasteiger partial charge in [0, 0.05) is 6.92 Å². The Labute approximate surface area is 202 Å². The Morgan fingerprint density at radius 2 is 1.71 bits per heavy atom. The van der Waals surface area contributed by atoms with Gasteiger partial charge in [-0.1, -0.05) is 17.7 Å². The van der Waals surface area contributed by atoms with E-state index in [-0.39, 0.29) is 11.1 Å². The number of fused-ring (bicyclic) bond motifs is 1. The molecule has 0 fully saturated rings. The van der Waals surface area contributed by atoms with Crippen LogP contribution >= 0.6 is 0 Å². The average molecular weight is 482 g/mol. The highest BCUT2D eigenvalue weighted by Gasteiger charge is 2.42. The lowest BCUT2D eigenvalue weighted by Crippen LogP contribution is -2.42. The number of rotatable bonds is 9. The lowest BCUT2D eigenvalue weighted by atomic mass is 10.00. The average Bonchev–Trinajstić information content (AvgIpc) is 3.04. The van der Waals surface area contributed by atoms with Crippen LogP contribution in [0.25, 0.3) is 0 Å². The first-order chi connectivity index (χ1) is 16.6. The van der Waals surface area contributed by atoms with E-state index in [2.05, 4.69) is 0 Å². The van der Waals surface area contributed by atoms with Gasteiger partial charge in [-0.05, 0) is 43.7 Å². The fourth-order valence-corrected chi connectivity index (χ4v) is 3.97. The number of aliphatic carboxylic acids is 1. The highest BCUT2D eigenvalue weighted by atomic mass is 16.5. The van der Waals surface area contributed by atoms with Crippen molar-refractivity contribution in [3.8, 4) is 11.5 Å². The molecule has 10 nitrogen and oxygen atoms in total. The topological polar surface area (TPSA) is 131 Å². The summed E-state index contributed by atoms with van der Waals surface area (Å²) in [7, 11) is 1.46. The molecule has 0 aromatic heterocycles. The molecular formula is C25H26N2O8.